The van der Waals surface area contributed by atoms with Crippen molar-refractivity contribution in [1.82, 2.24) is 9.55 Å². The molecule has 148 valence electrons. The quantitative estimate of drug-likeness (QED) is 0.473. The molecule has 5 rings (SSSR count). The van der Waals surface area contributed by atoms with Crippen molar-refractivity contribution in [3.8, 4) is 0 Å². The van der Waals surface area contributed by atoms with Crippen molar-refractivity contribution in [3.63, 3.8) is 0 Å². The Morgan fingerprint density at radius 2 is 1.30 bits per heavy atom. The van der Waals surface area contributed by atoms with Crippen molar-refractivity contribution in [2.75, 3.05) is 0 Å². The summed E-state index contributed by atoms with van der Waals surface area (Å²) in [5, 5.41) is 9.35. The maximum atomic E-state index is 11.4. The van der Waals surface area contributed by atoms with Gasteiger partial charge in [-0.25, -0.2) is 4.98 Å². The van der Waals surface area contributed by atoms with E-state index in [0.717, 1.165) is 22.4 Å². The molecule has 1 saturated carbocycles. The van der Waals surface area contributed by atoms with Gasteiger partial charge in [-0.15, -0.1) is 0 Å². The molecule has 0 aliphatic heterocycles. The van der Waals surface area contributed by atoms with E-state index in [2.05, 4.69) is 82.3 Å². The second kappa shape index (κ2) is 7.30. The van der Waals surface area contributed by atoms with E-state index in [1.807, 2.05) is 30.7 Å². The van der Waals surface area contributed by atoms with Gasteiger partial charge in [-0.1, -0.05) is 91.0 Å². The van der Waals surface area contributed by atoms with Gasteiger partial charge in [-0.05, 0) is 23.1 Å². The van der Waals surface area contributed by atoms with Crippen LogP contribution < -0.4 is 0 Å². The minimum atomic E-state index is -0.741. The number of aromatic nitrogens is 2. The summed E-state index contributed by atoms with van der Waals surface area (Å²) in [7, 11) is 0. The van der Waals surface area contributed by atoms with E-state index in [0.29, 0.717) is 6.42 Å². The molecule has 1 fully saturated rings. The number of aliphatic carboxylic acids is 1. The molecule has 3 aromatic carbocycles. The SMILES string of the molecule is O=C(O)C1C[C@@H]1c1cn(C(c2ccccc2)(c2ccccc2)c2ccccc2)cn1. The Kier molecular flexibility index (Phi) is 4.47. The highest BCUT2D eigenvalue weighted by Crippen LogP contribution is 2.48. The average molecular weight is 394 g/mol. The first-order valence-corrected chi connectivity index (χ1v) is 10.1. The van der Waals surface area contributed by atoms with Gasteiger partial charge < -0.3 is 9.67 Å². The Hall–Kier alpha value is -3.66. The van der Waals surface area contributed by atoms with Gasteiger partial charge in [0.15, 0.2) is 0 Å². The Balaban J connectivity index is 1.75. The zero-order valence-corrected chi connectivity index (χ0v) is 16.4. The maximum absolute atomic E-state index is 11.4. The van der Waals surface area contributed by atoms with Gasteiger partial charge in [0.05, 0.1) is 17.9 Å². The Bertz CT molecular complexity index is 1060. The first-order valence-electron chi connectivity index (χ1n) is 10.1. The van der Waals surface area contributed by atoms with Gasteiger partial charge in [0.2, 0.25) is 0 Å². The number of hydrogen-bond donors (Lipinski definition) is 1. The number of imidazole rings is 1. The molecule has 0 spiro atoms. The fraction of sp³-hybridized carbons (Fsp3) is 0.154. The lowest BCUT2D eigenvalue weighted by Gasteiger charge is -2.37. The number of carboxylic acids is 1. The van der Waals surface area contributed by atoms with Gasteiger partial charge in [0.1, 0.15) is 5.54 Å². The highest BCUT2D eigenvalue weighted by molar-refractivity contribution is 5.75. The van der Waals surface area contributed by atoms with E-state index in [4.69, 9.17) is 0 Å². The number of hydrogen-bond acceptors (Lipinski definition) is 2. The fourth-order valence-corrected chi connectivity index (χ4v) is 4.49. The lowest BCUT2D eigenvalue weighted by molar-refractivity contribution is -0.138. The van der Waals surface area contributed by atoms with Gasteiger partial charge in [-0.2, -0.15) is 0 Å². The van der Waals surface area contributed by atoms with Crippen LogP contribution in [0, 0.1) is 5.92 Å². The monoisotopic (exact) mass is 394 g/mol. The fourth-order valence-electron chi connectivity index (χ4n) is 4.49. The molecule has 4 aromatic rings. The van der Waals surface area contributed by atoms with Crippen LogP contribution >= 0.6 is 0 Å². The summed E-state index contributed by atoms with van der Waals surface area (Å²) >= 11 is 0. The topological polar surface area (TPSA) is 55.1 Å². The molecule has 0 saturated heterocycles. The van der Waals surface area contributed by atoms with Crippen LogP contribution in [-0.4, -0.2) is 20.6 Å². The molecule has 1 N–H and O–H groups in total. The predicted octanol–water partition coefficient (Wildman–Crippen LogP) is 4.91. The number of benzene rings is 3. The van der Waals surface area contributed by atoms with Crippen LogP contribution in [0.2, 0.25) is 0 Å². The van der Waals surface area contributed by atoms with Gasteiger partial charge in [0, 0.05) is 12.1 Å². The summed E-state index contributed by atoms with van der Waals surface area (Å²) in [5.74, 6) is -1.08. The van der Waals surface area contributed by atoms with Gasteiger partial charge >= 0.3 is 5.97 Å². The first-order chi connectivity index (χ1) is 14.7. The van der Waals surface area contributed by atoms with Crippen molar-refractivity contribution in [2.45, 2.75) is 17.9 Å². The molecule has 1 aliphatic rings. The number of nitrogens with zero attached hydrogens (tertiary/aromatic N) is 2. The smallest absolute Gasteiger partial charge is 0.307 e. The molecule has 0 radical (unpaired) electrons. The van der Waals surface area contributed by atoms with Crippen LogP contribution in [0.1, 0.15) is 34.7 Å². The van der Waals surface area contributed by atoms with E-state index < -0.39 is 11.5 Å². The third-order valence-electron chi connectivity index (χ3n) is 6.05. The lowest BCUT2D eigenvalue weighted by atomic mass is 9.77. The Morgan fingerprint density at radius 1 is 0.833 bits per heavy atom. The standard InChI is InChI=1S/C26H22N2O2/c29-25(30)23-16-22(23)24-17-28(18-27-24)26(19-10-4-1-5-11-19,20-12-6-2-7-13-20)21-14-8-3-9-15-21/h1-15,17-18,22-23H,16H2,(H,29,30)/t22-,23?/m0/s1. The predicted molar refractivity (Wildman–Crippen MR) is 115 cm³/mol. The molecule has 2 atom stereocenters. The zero-order chi connectivity index (χ0) is 20.6. The number of carbonyl (C=O) groups is 1. The van der Waals surface area contributed by atoms with E-state index in [9.17, 15) is 9.90 Å². The molecule has 0 amide bonds. The van der Waals surface area contributed by atoms with E-state index in [-0.39, 0.29) is 11.8 Å². The van der Waals surface area contributed by atoms with E-state index in [1.54, 1.807) is 0 Å². The van der Waals surface area contributed by atoms with Crippen LogP contribution in [0.25, 0.3) is 0 Å². The van der Waals surface area contributed by atoms with E-state index >= 15 is 0 Å². The molecule has 1 unspecified atom stereocenters. The molecular weight excluding hydrogens is 372 g/mol. The summed E-state index contributed by atoms with van der Waals surface area (Å²) in [6.07, 6.45) is 4.53. The van der Waals surface area contributed by atoms with Crippen molar-refractivity contribution in [3.05, 3.63) is 126 Å². The molecule has 4 nitrogen and oxygen atoms in total. The summed E-state index contributed by atoms with van der Waals surface area (Å²) in [6.45, 7) is 0. The average Bonchev–Trinajstić information content (AvgIpc) is 3.47. The second-order valence-corrected chi connectivity index (χ2v) is 7.80. The normalized spacial score (nSPS) is 18.1. The molecule has 4 heteroatoms. The minimum absolute atomic E-state index is 0.0104. The van der Waals surface area contributed by atoms with Gasteiger partial charge in [-0.3, -0.25) is 4.79 Å². The molecule has 1 aromatic heterocycles. The Morgan fingerprint density at radius 3 is 1.70 bits per heavy atom. The van der Waals surface area contributed by atoms with Crippen LogP contribution in [0.15, 0.2) is 104 Å². The third kappa shape index (κ3) is 2.92. The molecule has 1 aliphatic carbocycles. The maximum Gasteiger partial charge on any atom is 0.307 e. The summed E-state index contributed by atoms with van der Waals surface area (Å²) in [6, 6.07) is 31.2. The third-order valence-corrected chi connectivity index (χ3v) is 6.05. The molecule has 30 heavy (non-hydrogen) atoms. The largest absolute Gasteiger partial charge is 0.481 e. The Labute approximate surface area is 175 Å². The van der Waals surface area contributed by atoms with E-state index in [1.165, 1.54) is 0 Å². The summed E-state index contributed by atoms with van der Waals surface area (Å²) in [4.78, 5) is 16.0. The van der Waals surface area contributed by atoms with Crippen molar-refractivity contribution < 1.29 is 9.90 Å². The summed E-state index contributed by atoms with van der Waals surface area (Å²) in [5.41, 5.74) is 3.60. The first kappa shape index (κ1) is 18.4. The van der Waals surface area contributed by atoms with Crippen LogP contribution in [0.4, 0.5) is 0 Å². The van der Waals surface area contributed by atoms with Crippen LogP contribution in [0.5, 0.6) is 0 Å². The lowest BCUT2D eigenvalue weighted by Crippen LogP contribution is -2.36. The summed E-state index contributed by atoms with van der Waals surface area (Å²) < 4.78 is 2.14. The molecular formula is C26H22N2O2. The van der Waals surface area contributed by atoms with Gasteiger partial charge in [0.25, 0.3) is 0 Å². The van der Waals surface area contributed by atoms with Crippen molar-refractivity contribution >= 4 is 5.97 Å². The minimum Gasteiger partial charge on any atom is -0.481 e. The van der Waals surface area contributed by atoms with Crippen molar-refractivity contribution in [1.29, 1.82) is 0 Å². The second-order valence-electron chi connectivity index (χ2n) is 7.80. The van der Waals surface area contributed by atoms with Crippen LogP contribution in [-0.2, 0) is 10.3 Å². The number of carboxylic acid groups (broad SMARTS) is 1. The zero-order valence-electron chi connectivity index (χ0n) is 16.4. The van der Waals surface area contributed by atoms with Crippen molar-refractivity contribution in [2.24, 2.45) is 5.92 Å². The molecule has 0 bridgehead atoms. The highest BCUT2D eigenvalue weighted by Gasteiger charge is 2.46. The molecule has 1 heterocycles. The van der Waals surface area contributed by atoms with Crippen LogP contribution in [0.3, 0.4) is 0 Å². The number of rotatable bonds is 6. The highest BCUT2D eigenvalue weighted by atomic mass is 16.4.